The van der Waals surface area contributed by atoms with Gasteiger partial charge < -0.3 is 25.2 Å². The molecule has 0 atom stereocenters. The summed E-state index contributed by atoms with van der Waals surface area (Å²) in [5.74, 6) is 0.954. The number of hydrogen-bond acceptors (Lipinski definition) is 4. The van der Waals surface area contributed by atoms with Crippen LogP contribution in [-0.2, 0) is 4.74 Å². The van der Waals surface area contributed by atoms with Crippen molar-refractivity contribution in [3.63, 3.8) is 0 Å². The largest absolute Gasteiger partial charge is 0.385 e. The molecular formula is C21H44IN5O. The van der Waals surface area contributed by atoms with Gasteiger partial charge in [0.2, 0.25) is 0 Å². The van der Waals surface area contributed by atoms with Gasteiger partial charge in [0.1, 0.15) is 0 Å². The van der Waals surface area contributed by atoms with Gasteiger partial charge in [0.05, 0.1) is 0 Å². The molecule has 0 spiro atoms. The number of halogens is 1. The molecule has 1 aliphatic heterocycles. The van der Waals surface area contributed by atoms with E-state index in [0.717, 1.165) is 32.1 Å². The van der Waals surface area contributed by atoms with Crippen LogP contribution in [0.3, 0.4) is 0 Å². The molecule has 0 aromatic heterocycles. The average molecular weight is 510 g/mol. The number of piperazine rings is 1. The molecule has 2 fully saturated rings. The van der Waals surface area contributed by atoms with E-state index in [9.17, 15) is 0 Å². The molecule has 2 aliphatic rings. The van der Waals surface area contributed by atoms with Crippen molar-refractivity contribution in [1.82, 2.24) is 20.4 Å². The van der Waals surface area contributed by atoms with Crippen molar-refractivity contribution < 1.29 is 4.74 Å². The second kappa shape index (κ2) is 14.8. The standard InChI is InChI=1S/C21H43N5O.HI/c1-4-25-14-16-26(17-15-25)13-8-7-12-23-20(22-2)24-19-21(11-18-27-3)9-5-6-10-21;/h4-19H2,1-3H3,(H2,22,23,24);1H. The van der Waals surface area contributed by atoms with E-state index in [1.165, 1.54) is 77.8 Å². The molecule has 0 amide bonds. The van der Waals surface area contributed by atoms with Crippen molar-refractivity contribution in [1.29, 1.82) is 0 Å². The summed E-state index contributed by atoms with van der Waals surface area (Å²) in [4.78, 5) is 9.56. The highest BCUT2D eigenvalue weighted by Crippen LogP contribution is 2.40. The van der Waals surface area contributed by atoms with Crippen molar-refractivity contribution in [2.24, 2.45) is 10.4 Å². The Morgan fingerprint density at radius 3 is 2.32 bits per heavy atom. The van der Waals surface area contributed by atoms with Gasteiger partial charge in [0.25, 0.3) is 0 Å². The summed E-state index contributed by atoms with van der Waals surface area (Å²) < 4.78 is 5.34. The molecule has 0 aromatic carbocycles. The van der Waals surface area contributed by atoms with Gasteiger partial charge >= 0.3 is 0 Å². The Balaban J connectivity index is 0.00000392. The average Bonchev–Trinajstić information content (AvgIpc) is 3.18. The highest BCUT2D eigenvalue weighted by Gasteiger charge is 2.33. The SMILES string of the molecule is CCN1CCN(CCCCNC(=NC)NCC2(CCOC)CCCC2)CC1.I. The molecule has 28 heavy (non-hydrogen) atoms. The Kier molecular flexibility index (Phi) is 13.7. The molecule has 1 saturated carbocycles. The lowest BCUT2D eigenvalue weighted by Crippen LogP contribution is -2.46. The lowest BCUT2D eigenvalue weighted by molar-refractivity contribution is 0.136. The summed E-state index contributed by atoms with van der Waals surface area (Å²) in [5.41, 5.74) is 0.397. The molecule has 1 saturated heterocycles. The van der Waals surface area contributed by atoms with Gasteiger partial charge in [-0.15, -0.1) is 24.0 Å². The summed E-state index contributed by atoms with van der Waals surface area (Å²) in [5, 5.41) is 7.08. The zero-order chi connectivity index (χ0) is 19.4. The molecule has 1 aliphatic carbocycles. The number of rotatable bonds is 11. The van der Waals surface area contributed by atoms with Crippen LogP contribution in [0.5, 0.6) is 0 Å². The molecule has 166 valence electrons. The Hall–Kier alpha value is -0.120. The van der Waals surface area contributed by atoms with Crippen LogP contribution >= 0.6 is 24.0 Å². The van der Waals surface area contributed by atoms with E-state index in [0.29, 0.717) is 5.41 Å². The zero-order valence-electron chi connectivity index (χ0n) is 18.5. The third-order valence-corrected chi connectivity index (χ3v) is 6.46. The molecule has 0 bridgehead atoms. The first-order valence-electron chi connectivity index (χ1n) is 11.1. The Morgan fingerprint density at radius 2 is 1.71 bits per heavy atom. The fraction of sp³-hybridized carbons (Fsp3) is 0.952. The Bertz CT molecular complexity index is 421. The van der Waals surface area contributed by atoms with Gasteiger partial charge in [-0.1, -0.05) is 19.8 Å². The first-order chi connectivity index (χ1) is 13.2. The molecule has 7 heteroatoms. The number of methoxy groups -OCH3 is 1. The zero-order valence-corrected chi connectivity index (χ0v) is 20.8. The normalized spacial score (nSPS) is 20.8. The summed E-state index contributed by atoms with van der Waals surface area (Å²) in [6, 6.07) is 0. The highest BCUT2D eigenvalue weighted by molar-refractivity contribution is 14.0. The fourth-order valence-corrected chi connectivity index (χ4v) is 4.45. The predicted molar refractivity (Wildman–Crippen MR) is 130 cm³/mol. The van der Waals surface area contributed by atoms with E-state index in [1.807, 2.05) is 7.05 Å². The number of guanidine groups is 1. The van der Waals surface area contributed by atoms with Gasteiger partial charge in [-0.05, 0) is 50.6 Å². The van der Waals surface area contributed by atoms with Gasteiger partial charge in [-0.3, -0.25) is 4.99 Å². The van der Waals surface area contributed by atoms with E-state index in [2.05, 4.69) is 32.3 Å². The maximum atomic E-state index is 5.34. The number of hydrogen-bond donors (Lipinski definition) is 2. The lowest BCUT2D eigenvalue weighted by atomic mass is 9.83. The number of likely N-dealkylation sites (N-methyl/N-ethyl adjacent to an activating group) is 1. The van der Waals surface area contributed by atoms with Crippen LogP contribution in [0.4, 0.5) is 0 Å². The maximum absolute atomic E-state index is 5.34. The number of nitrogens with zero attached hydrogens (tertiary/aromatic N) is 3. The monoisotopic (exact) mass is 509 g/mol. The Labute approximate surface area is 190 Å². The quantitative estimate of drug-likeness (QED) is 0.194. The third-order valence-electron chi connectivity index (χ3n) is 6.46. The minimum Gasteiger partial charge on any atom is -0.385 e. The number of aliphatic imine (C=N–C) groups is 1. The molecule has 1 heterocycles. The summed E-state index contributed by atoms with van der Waals surface area (Å²) in [6.07, 6.45) is 8.93. The molecular weight excluding hydrogens is 465 g/mol. The molecule has 0 radical (unpaired) electrons. The summed E-state index contributed by atoms with van der Waals surface area (Å²) >= 11 is 0. The molecule has 6 nitrogen and oxygen atoms in total. The second-order valence-electron chi connectivity index (χ2n) is 8.29. The molecule has 2 rings (SSSR count). The molecule has 0 unspecified atom stereocenters. The van der Waals surface area contributed by atoms with Crippen molar-refractivity contribution in [3.05, 3.63) is 0 Å². The summed E-state index contributed by atoms with van der Waals surface area (Å²) in [6.45, 7) is 12.5. The Morgan fingerprint density at radius 1 is 1.04 bits per heavy atom. The van der Waals surface area contributed by atoms with Crippen molar-refractivity contribution >= 4 is 29.9 Å². The topological polar surface area (TPSA) is 52.1 Å². The van der Waals surface area contributed by atoms with Gasteiger partial charge in [0.15, 0.2) is 5.96 Å². The van der Waals surface area contributed by atoms with Gasteiger partial charge in [-0.2, -0.15) is 0 Å². The van der Waals surface area contributed by atoms with Crippen molar-refractivity contribution in [2.75, 3.05) is 73.1 Å². The number of unbranched alkanes of at least 4 members (excludes halogenated alkanes) is 1. The third kappa shape index (κ3) is 9.13. The van der Waals surface area contributed by atoms with E-state index in [-0.39, 0.29) is 24.0 Å². The minimum absolute atomic E-state index is 0. The van der Waals surface area contributed by atoms with Crippen LogP contribution in [0.1, 0.15) is 51.9 Å². The van der Waals surface area contributed by atoms with E-state index >= 15 is 0 Å². The number of nitrogens with one attached hydrogen (secondary N) is 2. The first-order valence-corrected chi connectivity index (χ1v) is 11.1. The van der Waals surface area contributed by atoms with Crippen LogP contribution in [0, 0.1) is 5.41 Å². The van der Waals surface area contributed by atoms with Gasteiger partial charge in [0, 0.05) is 60.0 Å². The first kappa shape index (κ1) is 25.9. The smallest absolute Gasteiger partial charge is 0.190 e. The van der Waals surface area contributed by atoms with E-state index < -0.39 is 0 Å². The molecule has 2 N–H and O–H groups in total. The van der Waals surface area contributed by atoms with E-state index in [4.69, 9.17) is 4.74 Å². The summed E-state index contributed by atoms with van der Waals surface area (Å²) in [7, 11) is 3.68. The van der Waals surface area contributed by atoms with Crippen LogP contribution in [-0.4, -0.2) is 88.9 Å². The lowest BCUT2D eigenvalue weighted by Gasteiger charge is -2.34. The fourth-order valence-electron chi connectivity index (χ4n) is 4.45. The maximum Gasteiger partial charge on any atom is 0.190 e. The number of ether oxygens (including phenoxy) is 1. The van der Waals surface area contributed by atoms with Crippen LogP contribution in [0.2, 0.25) is 0 Å². The highest BCUT2D eigenvalue weighted by atomic mass is 127. The van der Waals surface area contributed by atoms with Crippen LogP contribution in [0.25, 0.3) is 0 Å². The van der Waals surface area contributed by atoms with E-state index in [1.54, 1.807) is 7.11 Å². The minimum atomic E-state index is 0. The molecule has 0 aromatic rings. The van der Waals surface area contributed by atoms with Crippen molar-refractivity contribution in [2.45, 2.75) is 51.9 Å². The van der Waals surface area contributed by atoms with Crippen molar-refractivity contribution in [3.8, 4) is 0 Å². The van der Waals surface area contributed by atoms with Crippen LogP contribution in [0.15, 0.2) is 4.99 Å². The van der Waals surface area contributed by atoms with Gasteiger partial charge in [-0.25, -0.2) is 0 Å². The van der Waals surface area contributed by atoms with Crippen LogP contribution < -0.4 is 10.6 Å². The predicted octanol–water partition coefficient (Wildman–Crippen LogP) is 2.78. The second-order valence-corrected chi connectivity index (χ2v) is 8.29.